The molecule has 1 fully saturated rings. The Balaban J connectivity index is 1.93. The fourth-order valence-corrected chi connectivity index (χ4v) is 4.24. The van der Waals surface area contributed by atoms with Crippen LogP contribution in [0.4, 0.5) is 0 Å². The Hall–Kier alpha value is -2.24. The lowest BCUT2D eigenvalue weighted by atomic mass is 9.95. The maximum absolute atomic E-state index is 13.1. The number of halogens is 2. The summed E-state index contributed by atoms with van der Waals surface area (Å²) in [5.74, 6) is -0.769. The van der Waals surface area contributed by atoms with Crippen molar-refractivity contribution in [1.29, 1.82) is 0 Å². The number of ether oxygens (including phenoxy) is 1. The van der Waals surface area contributed by atoms with Gasteiger partial charge in [-0.15, -0.1) is 0 Å². The predicted molar refractivity (Wildman–Crippen MR) is 114 cm³/mol. The third kappa shape index (κ3) is 4.85. The van der Waals surface area contributed by atoms with Crippen molar-refractivity contribution in [2.45, 2.75) is 45.2 Å². The summed E-state index contributed by atoms with van der Waals surface area (Å²) in [5.41, 5.74) is 1.75. The minimum Gasteiger partial charge on any atom is -0.481 e. The molecule has 29 heavy (non-hydrogen) atoms. The van der Waals surface area contributed by atoms with Gasteiger partial charge in [-0.05, 0) is 69.0 Å². The van der Waals surface area contributed by atoms with Gasteiger partial charge >= 0.3 is 5.97 Å². The number of carboxylic acids is 1. The van der Waals surface area contributed by atoms with Crippen molar-refractivity contribution >= 4 is 35.1 Å². The van der Waals surface area contributed by atoms with Crippen LogP contribution < -0.4 is 4.74 Å². The molecule has 2 atom stereocenters. The van der Waals surface area contributed by atoms with Crippen LogP contribution in [0.3, 0.4) is 0 Å². The van der Waals surface area contributed by atoms with Gasteiger partial charge in [-0.1, -0.05) is 29.3 Å². The van der Waals surface area contributed by atoms with Gasteiger partial charge < -0.3 is 14.7 Å². The first kappa shape index (κ1) is 21.5. The standard InChI is InChI=1S/C22H23Cl2NO4/c1-13-4-3-5-14(2)25(13)22(28)17-8-6-15(10-19(17)24)18-11-16(23)7-9-20(18)29-12-21(26)27/h6-11,13-14H,3-5,12H2,1-2H3,(H,26,27)/t13-,14+. The van der Waals surface area contributed by atoms with Gasteiger partial charge in [0, 0.05) is 22.7 Å². The first-order valence-corrected chi connectivity index (χ1v) is 10.3. The van der Waals surface area contributed by atoms with Gasteiger partial charge in [0.05, 0.1) is 10.6 Å². The van der Waals surface area contributed by atoms with Crippen molar-refractivity contribution in [3.05, 3.63) is 52.0 Å². The van der Waals surface area contributed by atoms with Crippen LogP contribution >= 0.6 is 23.2 Å². The number of hydrogen-bond donors (Lipinski definition) is 1. The lowest BCUT2D eigenvalue weighted by Crippen LogP contribution is -2.47. The van der Waals surface area contributed by atoms with Gasteiger partial charge in [0.2, 0.25) is 0 Å². The SMILES string of the molecule is C[C@@H]1CCC[C@H](C)N1C(=O)c1ccc(-c2cc(Cl)ccc2OCC(=O)O)cc1Cl. The summed E-state index contributed by atoms with van der Waals surface area (Å²) in [7, 11) is 0. The van der Waals surface area contributed by atoms with Crippen LogP contribution in [0.15, 0.2) is 36.4 Å². The van der Waals surface area contributed by atoms with Gasteiger partial charge in [-0.3, -0.25) is 4.79 Å². The van der Waals surface area contributed by atoms with Crippen LogP contribution in [0, 0.1) is 0 Å². The molecule has 1 N–H and O–H groups in total. The third-order valence-corrected chi connectivity index (χ3v) is 5.78. The number of piperidine rings is 1. The van der Waals surface area contributed by atoms with Crippen LogP contribution in [-0.4, -0.2) is 40.6 Å². The van der Waals surface area contributed by atoms with Crippen molar-refractivity contribution in [2.24, 2.45) is 0 Å². The summed E-state index contributed by atoms with van der Waals surface area (Å²) in [6.07, 6.45) is 3.09. The van der Waals surface area contributed by atoms with E-state index in [-0.39, 0.29) is 18.0 Å². The molecule has 1 saturated heterocycles. The highest BCUT2D eigenvalue weighted by atomic mass is 35.5. The summed E-state index contributed by atoms with van der Waals surface area (Å²) < 4.78 is 5.37. The number of rotatable bonds is 5. The van der Waals surface area contributed by atoms with E-state index in [1.807, 2.05) is 4.90 Å². The molecule has 0 spiro atoms. The number of nitrogens with zero attached hydrogens (tertiary/aromatic N) is 1. The molecule has 0 aromatic heterocycles. The minimum absolute atomic E-state index is 0.0744. The number of carbonyl (C=O) groups is 2. The second-order valence-electron chi connectivity index (χ2n) is 7.36. The second-order valence-corrected chi connectivity index (χ2v) is 8.20. The molecule has 5 nitrogen and oxygen atoms in total. The normalized spacial score (nSPS) is 19.1. The number of carbonyl (C=O) groups excluding carboxylic acids is 1. The van der Waals surface area contributed by atoms with E-state index in [2.05, 4.69) is 13.8 Å². The summed E-state index contributed by atoms with van der Waals surface area (Å²) in [6, 6.07) is 10.4. The van der Waals surface area contributed by atoms with E-state index in [4.69, 9.17) is 33.0 Å². The van der Waals surface area contributed by atoms with E-state index < -0.39 is 12.6 Å². The largest absolute Gasteiger partial charge is 0.481 e. The van der Waals surface area contributed by atoms with E-state index in [1.54, 1.807) is 36.4 Å². The molecule has 3 rings (SSSR count). The summed E-state index contributed by atoms with van der Waals surface area (Å²) in [4.78, 5) is 25.9. The number of amides is 1. The quantitative estimate of drug-likeness (QED) is 0.670. The zero-order valence-electron chi connectivity index (χ0n) is 16.3. The highest BCUT2D eigenvalue weighted by Crippen LogP contribution is 2.36. The summed E-state index contributed by atoms with van der Waals surface area (Å²) in [5, 5.41) is 9.70. The molecule has 7 heteroatoms. The van der Waals surface area contributed by atoms with Crippen molar-refractivity contribution in [3.8, 4) is 16.9 Å². The van der Waals surface area contributed by atoms with Crippen LogP contribution in [0.5, 0.6) is 5.75 Å². The van der Waals surface area contributed by atoms with E-state index in [1.165, 1.54) is 0 Å². The Kier molecular flexibility index (Phi) is 6.70. The number of benzene rings is 2. The Labute approximate surface area is 180 Å². The number of carboxylic acid groups (broad SMARTS) is 1. The lowest BCUT2D eigenvalue weighted by Gasteiger charge is -2.39. The fraction of sp³-hybridized carbons (Fsp3) is 0.364. The molecule has 0 unspecified atom stereocenters. The predicted octanol–water partition coefficient (Wildman–Crippen LogP) is 5.53. The van der Waals surface area contributed by atoms with Gasteiger partial charge in [-0.25, -0.2) is 4.79 Å². The molecule has 1 aliphatic rings. The van der Waals surface area contributed by atoms with Gasteiger partial charge in [0.25, 0.3) is 5.91 Å². The zero-order chi connectivity index (χ0) is 21.1. The minimum atomic E-state index is -1.07. The van der Waals surface area contributed by atoms with E-state index >= 15 is 0 Å². The Morgan fingerprint density at radius 1 is 1.10 bits per heavy atom. The third-order valence-electron chi connectivity index (χ3n) is 5.23. The first-order valence-electron chi connectivity index (χ1n) is 9.54. The molecular formula is C22H23Cl2NO4. The number of aliphatic carboxylic acids is 1. The monoisotopic (exact) mass is 435 g/mol. The molecular weight excluding hydrogens is 413 g/mol. The second kappa shape index (κ2) is 9.06. The highest BCUT2D eigenvalue weighted by molar-refractivity contribution is 6.34. The van der Waals surface area contributed by atoms with Crippen LogP contribution in [-0.2, 0) is 4.79 Å². The highest BCUT2D eigenvalue weighted by Gasteiger charge is 2.30. The smallest absolute Gasteiger partial charge is 0.341 e. The number of hydrogen-bond acceptors (Lipinski definition) is 3. The van der Waals surface area contributed by atoms with Crippen LogP contribution in [0.1, 0.15) is 43.5 Å². The lowest BCUT2D eigenvalue weighted by molar-refractivity contribution is -0.139. The summed E-state index contributed by atoms with van der Waals surface area (Å²) >= 11 is 12.6. The molecule has 2 aromatic rings. The van der Waals surface area contributed by atoms with Crippen molar-refractivity contribution in [2.75, 3.05) is 6.61 Å². The molecule has 0 radical (unpaired) electrons. The fourth-order valence-electron chi connectivity index (χ4n) is 3.81. The molecule has 154 valence electrons. The average Bonchev–Trinajstić information content (AvgIpc) is 2.66. The average molecular weight is 436 g/mol. The van der Waals surface area contributed by atoms with Crippen molar-refractivity contribution in [3.63, 3.8) is 0 Å². The van der Waals surface area contributed by atoms with Gasteiger partial charge in [0.15, 0.2) is 6.61 Å². The van der Waals surface area contributed by atoms with Crippen molar-refractivity contribution in [1.82, 2.24) is 4.90 Å². The molecule has 0 aliphatic carbocycles. The van der Waals surface area contributed by atoms with E-state index in [0.717, 1.165) is 19.3 Å². The maximum Gasteiger partial charge on any atom is 0.341 e. The molecule has 0 bridgehead atoms. The summed E-state index contributed by atoms with van der Waals surface area (Å²) in [6.45, 7) is 3.66. The number of likely N-dealkylation sites (tertiary alicyclic amines) is 1. The van der Waals surface area contributed by atoms with Gasteiger partial charge in [0.1, 0.15) is 5.75 Å². The molecule has 1 heterocycles. The topological polar surface area (TPSA) is 66.8 Å². The van der Waals surface area contributed by atoms with Gasteiger partial charge in [-0.2, -0.15) is 0 Å². The van der Waals surface area contributed by atoms with Crippen molar-refractivity contribution < 1.29 is 19.4 Å². The maximum atomic E-state index is 13.1. The molecule has 0 saturated carbocycles. The van der Waals surface area contributed by atoms with E-state index in [9.17, 15) is 9.59 Å². The van der Waals surface area contributed by atoms with Crippen LogP contribution in [0.2, 0.25) is 10.0 Å². The zero-order valence-corrected chi connectivity index (χ0v) is 17.8. The Morgan fingerprint density at radius 3 is 2.41 bits per heavy atom. The Bertz CT molecular complexity index is 921. The van der Waals surface area contributed by atoms with E-state index in [0.29, 0.717) is 32.5 Å². The van der Waals surface area contributed by atoms with Crippen LogP contribution in [0.25, 0.3) is 11.1 Å². The molecule has 2 aromatic carbocycles. The first-order chi connectivity index (χ1) is 13.8. The molecule has 1 aliphatic heterocycles. The molecule has 1 amide bonds. The Morgan fingerprint density at radius 2 is 1.79 bits per heavy atom.